The van der Waals surface area contributed by atoms with Gasteiger partial charge in [0.05, 0.1) is 11.5 Å². The fraction of sp³-hybridized carbons (Fsp3) is 0.471. The largest absolute Gasteiger partial charge is 0.481 e. The third kappa shape index (κ3) is 6.10. The number of carboxylic acid groups (broad SMARTS) is 2. The van der Waals surface area contributed by atoms with Crippen LogP contribution in [0.3, 0.4) is 0 Å². The number of unbranched alkanes of at least 4 members (excludes halogenated alkanes) is 1. The number of carboxylic acids is 2. The van der Waals surface area contributed by atoms with Crippen LogP contribution in [0.15, 0.2) is 24.3 Å². The lowest BCUT2D eigenvalue weighted by Gasteiger charge is -2.19. The van der Waals surface area contributed by atoms with Crippen molar-refractivity contribution in [2.24, 2.45) is 11.8 Å². The van der Waals surface area contributed by atoms with Gasteiger partial charge in [-0.1, -0.05) is 32.8 Å². The van der Waals surface area contributed by atoms with Gasteiger partial charge in [0.1, 0.15) is 0 Å². The quantitative estimate of drug-likeness (QED) is 0.648. The van der Waals surface area contributed by atoms with Gasteiger partial charge in [-0.3, -0.25) is 9.59 Å². The summed E-state index contributed by atoms with van der Waals surface area (Å²) in [5, 5.41) is 20.8. The molecule has 0 saturated carbocycles. The van der Waals surface area contributed by atoms with Crippen LogP contribution >= 0.6 is 0 Å². The summed E-state index contributed by atoms with van der Waals surface area (Å²) in [7, 11) is 0. The van der Waals surface area contributed by atoms with Crippen LogP contribution in [-0.2, 0) is 9.59 Å². The lowest BCUT2D eigenvalue weighted by molar-refractivity contribution is -0.144. The van der Waals surface area contributed by atoms with Crippen LogP contribution in [0.5, 0.6) is 0 Å². The number of aromatic carboxylic acids is 1. The molecule has 0 radical (unpaired) electrons. The van der Waals surface area contributed by atoms with Crippen LogP contribution in [0.4, 0.5) is 5.69 Å². The second-order valence-corrected chi connectivity index (χ2v) is 5.70. The molecule has 0 aliphatic carbocycles. The van der Waals surface area contributed by atoms with E-state index in [-0.39, 0.29) is 23.8 Å². The summed E-state index contributed by atoms with van der Waals surface area (Å²) in [6.07, 6.45) is 2.35. The van der Waals surface area contributed by atoms with Gasteiger partial charge in [-0.15, -0.1) is 0 Å². The molecule has 0 heterocycles. The second kappa shape index (κ2) is 8.92. The molecule has 2 atom stereocenters. The number of carbonyl (C=O) groups excluding carboxylic acids is 1. The summed E-state index contributed by atoms with van der Waals surface area (Å²) in [6.45, 7) is 3.74. The molecule has 0 bridgehead atoms. The third-order valence-electron chi connectivity index (χ3n) is 3.77. The van der Waals surface area contributed by atoms with Crippen molar-refractivity contribution in [1.82, 2.24) is 0 Å². The highest BCUT2D eigenvalue weighted by Crippen LogP contribution is 2.23. The van der Waals surface area contributed by atoms with Crippen LogP contribution in [0.2, 0.25) is 0 Å². The van der Waals surface area contributed by atoms with Gasteiger partial charge in [0.15, 0.2) is 0 Å². The molecule has 0 aromatic heterocycles. The molecule has 0 saturated heterocycles. The molecule has 6 nitrogen and oxygen atoms in total. The van der Waals surface area contributed by atoms with Crippen molar-refractivity contribution in [2.45, 2.75) is 39.5 Å². The first-order valence-electron chi connectivity index (χ1n) is 7.71. The zero-order valence-electron chi connectivity index (χ0n) is 13.4. The summed E-state index contributed by atoms with van der Waals surface area (Å²) in [5.41, 5.74) is 0.477. The third-order valence-corrected chi connectivity index (χ3v) is 3.77. The van der Waals surface area contributed by atoms with E-state index in [0.717, 1.165) is 12.8 Å². The van der Waals surface area contributed by atoms with Gasteiger partial charge in [0.2, 0.25) is 5.91 Å². The first-order chi connectivity index (χ1) is 10.8. The van der Waals surface area contributed by atoms with Crippen molar-refractivity contribution in [3.05, 3.63) is 29.8 Å². The minimum Gasteiger partial charge on any atom is -0.481 e. The van der Waals surface area contributed by atoms with E-state index in [1.165, 1.54) is 12.1 Å². The Hall–Kier alpha value is -2.37. The maximum absolute atomic E-state index is 12.1. The monoisotopic (exact) mass is 321 g/mol. The van der Waals surface area contributed by atoms with Gasteiger partial charge >= 0.3 is 11.9 Å². The average Bonchev–Trinajstić information content (AvgIpc) is 2.47. The van der Waals surface area contributed by atoms with Gasteiger partial charge in [0.25, 0.3) is 0 Å². The number of amides is 1. The normalized spacial score (nSPS) is 13.1. The molecule has 0 fully saturated rings. The topological polar surface area (TPSA) is 104 Å². The Kier molecular flexibility index (Phi) is 7.25. The van der Waals surface area contributed by atoms with Crippen molar-refractivity contribution in [3.63, 3.8) is 0 Å². The number of carbonyl (C=O) groups is 3. The number of hydrogen-bond donors (Lipinski definition) is 3. The number of hydrogen-bond acceptors (Lipinski definition) is 3. The molecule has 1 aromatic carbocycles. The van der Waals surface area contributed by atoms with Crippen LogP contribution in [-0.4, -0.2) is 28.1 Å². The van der Waals surface area contributed by atoms with E-state index < -0.39 is 17.9 Å². The van der Waals surface area contributed by atoms with E-state index in [1.54, 1.807) is 19.1 Å². The Balaban J connectivity index is 2.65. The molecular weight excluding hydrogens is 298 g/mol. The highest BCUT2D eigenvalue weighted by Gasteiger charge is 2.26. The smallest absolute Gasteiger partial charge is 0.335 e. The van der Waals surface area contributed by atoms with Crippen molar-refractivity contribution < 1.29 is 24.6 Å². The van der Waals surface area contributed by atoms with E-state index in [0.29, 0.717) is 12.1 Å². The summed E-state index contributed by atoms with van der Waals surface area (Å²) < 4.78 is 0. The molecule has 0 aliphatic heterocycles. The molecule has 3 N–H and O–H groups in total. The number of nitrogens with one attached hydrogen (secondary N) is 1. The Morgan fingerprint density at radius 1 is 1.22 bits per heavy atom. The summed E-state index contributed by atoms with van der Waals surface area (Å²) in [5.74, 6) is -3.11. The Bertz CT molecular complexity index is 570. The molecule has 126 valence electrons. The summed E-state index contributed by atoms with van der Waals surface area (Å²) in [6, 6.07) is 5.95. The van der Waals surface area contributed by atoms with Crippen molar-refractivity contribution in [3.8, 4) is 0 Å². The Morgan fingerprint density at radius 2 is 1.91 bits per heavy atom. The zero-order valence-corrected chi connectivity index (χ0v) is 13.4. The van der Waals surface area contributed by atoms with Crippen LogP contribution in [0.1, 0.15) is 49.9 Å². The molecular formula is C17H23NO5. The minimum absolute atomic E-state index is 0.0813. The molecule has 1 aromatic rings. The van der Waals surface area contributed by atoms with Gasteiger partial charge in [-0.2, -0.15) is 0 Å². The lowest BCUT2D eigenvalue weighted by Crippen LogP contribution is -2.26. The van der Waals surface area contributed by atoms with Crippen molar-refractivity contribution in [2.75, 3.05) is 5.32 Å². The summed E-state index contributed by atoms with van der Waals surface area (Å²) >= 11 is 0. The maximum Gasteiger partial charge on any atom is 0.335 e. The Morgan fingerprint density at radius 3 is 2.48 bits per heavy atom. The molecule has 1 rings (SSSR count). The first-order valence-corrected chi connectivity index (χ1v) is 7.71. The average molecular weight is 321 g/mol. The predicted octanol–water partition coefficient (Wildman–Crippen LogP) is 3.24. The van der Waals surface area contributed by atoms with E-state index in [4.69, 9.17) is 5.11 Å². The summed E-state index contributed by atoms with van der Waals surface area (Å²) in [4.78, 5) is 34.3. The number of aliphatic carboxylic acids is 1. The highest BCUT2D eigenvalue weighted by atomic mass is 16.4. The standard InChI is InChI=1S/C17H23NO5/c1-3-4-8-14(17(22)23)11(2)9-15(19)18-13-7-5-6-12(10-13)16(20)21/h5-7,10-11,14H,3-4,8-9H2,1-2H3,(H,18,19)(H,20,21)(H,22,23)/t11-,14-/m1/s1. The predicted molar refractivity (Wildman–Crippen MR) is 86.5 cm³/mol. The first kappa shape index (κ1) is 18.7. The molecule has 6 heteroatoms. The Labute approximate surface area is 135 Å². The maximum atomic E-state index is 12.1. The number of benzene rings is 1. The van der Waals surface area contributed by atoms with Crippen LogP contribution in [0, 0.1) is 11.8 Å². The van der Waals surface area contributed by atoms with E-state index in [9.17, 15) is 19.5 Å². The van der Waals surface area contributed by atoms with Gasteiger partial charge in [-0.25, -0.2) is 4.79 Å². The zero-order chi connectivity index (χ0) is 17.4. The fourth-order valence-electron chi connectivity index (χ4n) is 2.45. The lowest BCUT2D eigenvalue weighted by atomic mass is 9.87. The molecule has 23 heavy (non-hydrogen) atoms. The number of rotatable bonds is 9. The molecule has 0 unspecified atom stereocenters. The molecule has 0 spiro atoms. The fourth-order valence-corrected chi connectivity index (χ4v) is 2.45. The van der Waals surface area contributed by atoms with E-state index in [1.807, 2.05) is 6.92 Å². The highest BCUT2D eigenvalue weighted by molar-refractivity contribution is 5.94. The minimum atomic E-state index is -1.07. The molecule has 0 aliphatic rings. The van der Waals surface area contributed by atoms with Crippen molar-refractivity contribution >= 4 is 23.5 Å². The number of anilines is 1. The SMILES string of the molecule is CCCC[C@@H](C(=O)O)[C@H](C)CC(=O)Nc1cccc(C(=O)O)c1. The van der Waals surface area contributed by atoms with E-state index >= 15 is 0 Å². The van der Waals surface area contributed by atoms with Gasteiger partial charge in [-0.05, 0) is 30.5 Å². The second-order valence-electron chi connectivity index (χ2n) is 5.70. The van der Waals surface area contributed by atoms with Crippen LogP contribution in [0.25, 0.3) is 0 Å². The van der Waals surface area contributed by atoms with E-state index in [2.05, 4.69) is 5.32 Å². The van der Waals surface area contributed by atoms with Gasteiger partial charge < -0.3 is 15.5 Å². The van der Waals surface area contributed by atoms with Crippen LogP contribution < -0.4 is 5.32 Å². The van der Waals surface area contributed by atoms with Gasteiger partial charge in [0, 0.05) is 12.1 Å². The van der Waals surface area contributed by atoms with Crippen molar-refractivity contribution in [1.29, 1.82) is 0 Å². The molecule has 1 amide bonds.